The third-order valence-electron chi connectivity index (χ3n) is 3.75. The zero-order valence-corrected chi connectivity index (χ0v) is 12.6. The van der Waals surface area contributed by atoms with Crippen molar-refractivity contribution in [1.82, 2.24) is 10.6 Å². The maximum atomic E-state index is 12.0. The molecule has 4 nitrogen and oxygen atoms in total. The van der Waals surface area contributed by atoms with Crippen molar-refractivity contribution < 1.29 is 9.90 Å². The van der Waals surface area contributed by atoms with E-state index in [0.717, 1.165) is 5.56 Å². The van der Waals surface area contributed by atoms with Crippen molar-refractivity contribution >= 4 is 17.5 Å². The van der Waals surface area contributed by atoms with Crippen LogP contribution in [-0.4, -0.2) is 36.2 Å². The summed E-state index contributed by atoms with van der Waals surface area (Å²) in [6.07, 6.45) is 0.0581. The van der Waals surface area contributed by atoms with Crippen LogP contribution in [0.3, 0.4) is 0 Å². The Kier molecular flexibility index (Phi) is 4.68. The molecular weight excluding hydrogens is 276 g/mol. The molecule has 0 bridgehead atoms. The lowest BCUT2D eigenvalue weighted by molar-refractivity contribution is -0.123. The maximum absolute atomic E-state index is 12.0. The third-order valence-corrected chi connectivity index (χ3v) is 4.01. The van der Waals surface area contributed by atoms with Gasteiger partial charge in [0, 0.05) is 23.5 Å². The Morgan fingerprint density at radius 3 is 2.65 bits per heavy atom. The predicted octanol–water partition coefficient (Wildman–Crippen LogP) is 1.46. The average Bonchev–Trinajstić information content (AvgIpc) is 2.83. The van der Waals surface area contributed by atoms with E-state index < -0.39 is 6.10 Å². The van der Waals surface area contributed by atoms with E-state index >= 15 is 0 Å². The molecule has 1 aliphatic heterocycles. The van der Waals surface area contributed by atoms with Crippen molar-refractivity contribution in [3.63, 3.8) is 0 Å². The molecule has 1 saturated heterocycles. The monoisotopic (exact) mass is 296 g/mol. The zero-order valence-electron chi connectivity index (χ0n) is 11.8. The molecule has 0 aliphatic carbocycles. The summed E-state index contributed by atoms with van der Waals surface area (Å²) in [5.41, 5.74) is 0.957. The maximum Gasteiger partial charge on any atom is 0.237 e. The quantitative estimate of drug-likeness (QED) is 0.788. The van der Waals surface area contributed by atoms with Crippen LogP contribution in [0, 0.1) is 0 Å². The van der Waals surface area contributed by atoms with Gasteiger partial charge in [0.25, 0.3) is 0 Å². The van der Waals surface area contributed by atoms with E-state index in [-0.39, 0.29) is 17.4 Å². The molecule has 1 aliphatic rings. The van der Waals surface area contributed by atoms with Crippen LogP contribution in [0.15, 0.2) is 24.3 Å². The van der Waals surface area contributed by atoms with Gasteiger partial charge in [0.15, 0.2) is 0 Å². The number of nitrogens with one attached hydrogen (secondary N) is 2. The van der Waals surface area contributed by atoms with Gasteiger partial charge in [-0.2, -0.15) is 0 Å². The molecule has 1 aromatic rings. The van der Waals surface area contributed by atoms with Crippen molar-refractivity contribution in [3.05, 3.63) is 34.9 Å². The first-order valence-corrected chi connectivity index (χ1v) is 7.21. The number of amides is 1. The van der Waals surface area contributed by atoms with Crippen molar-refractivity contribution in [2.75, 3.05) is 13.1 Å². The smallest absolute Gasteiger partial charge is 0.237 e. The minimum atomic E-state index is -0.421. The van der Waals surface area contributed by atoms with Gasteiger partial charge in [0.1, 0.15) is 0 Å². The highest BCUT2D eigenvalue weighted by Gasteiger charge is 2.29. The number of halogens is 1. The van der Waals surface area contributed by atoms with Crippen LogP contribution in [0.5, 0.6) is 0 Å². The molecule has 0 radical (unpaired) electrons. The number of carbonyl (C=O) groups excluding carboxylic acids is 1. The second kappa shape index (κ2) is 6.12. The number of β-amino-alcohol motifs (C(OH)–C–C–N with tert-alkyl or cyclic N) is 1. The molecule has 5 heteroatoms. The summed E-state index contributed by atoms with van der Waals surface area (Å²) in [5, 5.41) is 16.1. The van der Waals surface area contributed by atoms with Crippen LogP contribution in [0.25, 0.3) is 0 Å². The SMILES string of the molecule is CC(C)(CNC(=O)[C@@H]1C[C@H](O)CN1)c1ccc(Cl)cc1. The highest BCUT2D eigenvalue weighted by Crippen LogP contribution is 2.24. The summed E-state index contributed by atoms with van der Waals surface area (Å²) in [6.45, 7) is 5.18. The number of aliphatic hydroxyl groups excluding tert-OH is 1. The fraction of sp³-hybridized carbons (Fsp3) is 0.533. The third kappa shape index (κ3) is 3.72. The number of carbonyl (C=O) groups is 1. The Bertz CT molecular complexity index is 473. The van der Waals surface area contributed by atoms with Crippen LogP contribution < -0.4 is 10.6 Å². The molecule has 0 saturated carbocycles. The molecule has 1 aromatic carbocycles. The molecule has 2 rings (SSSR count). The highest BCUT2D eigenvalue weighted by molar-refractivity contribution is 6.30. The van der Waals surface area contributed by atoms with Crippen molar-refractivity contribution in [3.8, 4) is 0 Å². The number of hydrogen-bond acceptors (Lipinski definition) is 3. The number of benzene rings is 1. The Balaban J connectivity index is 1.91. The summed E-state index contributed by atoms with van der Waals surface area (Å²) in [6, 6.07) is 7.38. The topological polar surface area (TPSA) is 61.4 Å². The minimum Gasteiger partial charge on any atom is -0.392 e. The van der Waals surface area contributed by atoms with Crippen molar-refractivity contribution in [2.24, 2.45) is 0 Å². The van der Waals surface area contributed by atoms with E-state index in [4.69, 9.17) is 11.6 Å². The molecule has 1 heterocycles. The van der Waals surface area contributed by atoms with Gasteiger partial charge < -0.3 is 15.7 Å². The lowest BCUT2D eigenvalue weighted by Gasteiger charge is -2.26. The second-order valence-corrected chi connectivity index (χ2v) is 6.40. The van der Waals surface area contributed by atoms with Crippen LogP contribution in [0.1, 0.15) is 25.8 Å². The molecule has 3 N–H and O–H groups in total. The van der Waals surface area contributed by atoms with Crippen molar-refractivity contribution in [2.45, 2.75) is 37.8 Å². The van der Waals surface area contributed by atoms with Crippen molar-refractivity contribution in [1.29, 1.82) is 0 Å². The van der Waals surface area contributed by atoms with Crippen LogP contribution >= 0.6 is 11.6 Å². The van der Waals surface area contributed by atoms with Gasteiger partial charge in [-0.1, -0.05) is 37.6 Å². The Hall–Kier alpha value is -1.10. The standard InChI is InChI=1S/C15H21ClN2O2/c1-15(2,10-3-5-11(16)6-4-10)9-18-14(20)13-7-12(19)8-17-13/h3-6,12-13,17,19H,7-9H2,1-2H3,(H,18,20)/t12-,13-/m0/s1. The van der Waals surface area contributed by atoms with Gasteiger partial charge >= 0.3 is 0 Å². The number of rotatable bonds is 4. The summed E-state index contributed by atoms with van der Waals surface area (Å²) in [7, 11) is 0. The Morgan fingerprint density at radius 1 is 1.45 bits per heavy atom. The van der Waals surface area contributed by atoms with Gasteiger partial charge in [-0.3, -0.25) is 4.79 Å². The lowest BCUT2D eigenvalue weighted by atomic mass is 9.84. The van der Waals surface area contributed by atoms with E-state index in [1.165, 1.54) is 0 Å². The molecule has 1 amide bonds. The molecule has 20 heavy (non-hydrogen) atoms. The first-order valence-electron chi connectivity index (χ1n) is 6.84. The highest BCUT2D eigenvalue weighted by atomic mass is 35.5. The summed E-state index contributed by atoms with van der Waals surface area (Å²) < 4.78 is 0. The van der Waals surface area contributed by atoms with E-state index in [2.05, 4.69) is 24.5 Å². The minimum absolute atomic E-state index is 0.0522. The number of aliphatic hydroxyl groups is 1. The van der Waals surface area contributed by atoms with E-state index in [9.17, 15) is 9.90 Å². The largest absolute Gasteiger partial charge is 0.392 e. The van der Waals surface area contributed by atoms with Crippen LogP contribution in [0.2, 0.25) is 5.02 Å². The normalized spacial score (nSPS) is 22.8. The molecule has 1 fully saturated rings. The Labute approximate surface area is 124 Å². The fourth-order valence-electron chi connectivity index (χ4n) is 2.35. The molecule has 0 aromatic heterocycles. The van der Waals surface area contributed by atoms with Crippen LogP contribution in [-0.2, 0) is 10.2 Å². The molecule has 110 valence electrons. The first kappa shape index (κ1) is 15.3. The predicted molar refractivity (Wildman–Crippen MR) is 79.9 cm³/mol. The number of hydrogen-bond donors (Lipinski definition) is 3. The van der Waals surface area contributed by atoms with Gasteiger partial charge in [0.2, 0.25) is 5.91 Å². The summed E-state index contributed by atoms with van der Waals surface area (Å²) >= 11 is 5.89. The van der Waals surface area contributed by atoms with Gasteiger partial charge in [-0.25, -0.2) is 0 Å². The fourth-order valence-corrected chi connectivity index (χ4v) is 2.48. The zero-order chi connectivity index (χ0) is 14.8. The first-order chi connectivity index (χ1) is 9.38. The lowest BCUT2D eigenvalue weighted by Crippen LogP contribution is -2.45. The summed E-state index contributed by atoms with van der Waals surface area (Å²) in [5.74, 6) is -0.0522. The van der Waals surface area contributed by atoms with E-state index in [1.807, 2.05) is 24.3 Å². The second-order valence-electron chi connectivity index (χ2n) is 5.96. The molecule has 0 spiro atoms. The molecule has 2 atom stereocenters. The van der Waals surface area contributed by atoms with Crippen LogP contribution in [0.4, 0.5) is 0 Å². The Morgan fingerprint density at radius 2 is 2.10 bits per heavy atom. The van der Waals surface area contributed by atoms with Gasteiger partial charge in [0.05, 0.1) is 12.1 Å². The van der Waals surface area contributed by atoms with Gasteiger partial charge in [-0.15, -0.1) is 0 Å². The molecular formula is C15H21ClN2O2. The van der Waals surface area contributed by atoms with E-state index in [0.29, 0.717) is 24.5 Å². The van der Waals surface area contributed by atoms with Gasteiger partial charge in [-0.05, 0) is 24.1 Å². The average molecular weight is 297 g/mol. The summed E-state index contributed by atoms with van der Waals surface area (Å²) in [4.78, 5) is 12.0. The molecule has 0 unspecified atom stereocenters. The van der Waals surface area contributed by atoms with E-state index in [1.54, 1.807) is 0 Å².